The molecule has 0 aliphatic rings. The third-order valence-electron chi connectivity index (χ3n) is 2.71. The summed E-state index contributed by atoms with van der Waals surface area (Å²) in [7, 11) is 0. The largest absolute Gasteiger partial charge is 0.195 e. The first-order valence-corrected chi connectivity index (χ1v) is 7.13. The Labute approximate surface area is 117 Å². The van der Waals surface area contributed by atoms with Gasteiger partial charge in [-0.3, -0.25) is 0 Å². The van der Waals surface area contributed by atoms with Crippen LogP contribution in [0, 0.1) is 0 Å². The summed E-state index contributed by atoms with van der Waals surface area (Å²) in [5.74, 6) is 0.552. The molecule has 4 nitrogen and oxygen atoms in total. The fourth-order valence-corrected chi connectivity index (χ4v) is 2.23. The lowest BCUT2D eigenvalue weighted by atomic mass is 9.92. The van der Waals surface area contributed by atoms with Crippen molar-refractivity contribution in [2.24, 2.45) is 10.2 Å². The third kappa shape index (κ3) is 3.67. The lowest BCUT2D eigenvalue weighted by Gasteiger charge is -2.15. The van der Waals surface area contributed by atoms with Crippen LogP contribution in [-0.2, 0) is 5.41 Å². The molecule has 0 spiro atoms. The van der Waals surface area contributed by atoms with Gasteiger partial charge in [-0.2, -0.15) is 10.2 Å². The van der Waals surface area contributed by atoms with Crippen molar-refractivity contribution in [1.82, 2.24) is 10.2 Å². The average molecular weight is 274 g/mol. The van der Waals surface area contributed by atoms with Gasteiger partial charge in [-0.05, 0) is 30.5 Å². The van der Waals surface area contributed by atoms with E-state index in [1.807, 2.05) is 30.5 Å². The van der Waals surface area contributed by atoms with Crippen LogP contribution in [-0.4, -0.2) is 10.2 Å². The molecule has 19 heavy (non-hydrogen) atoms. The van der Waals surface area contributed by atoms with Gasteiger partial charge in [0.1, 0.15) is 6.04 Å². The highest BCUT2D eigenvalue weighted by molar-refractivity contribution is 7.10. The Morgan fingerprint density at radius 1 is 1.16 bits per heavy atom. The van der Waals surface area contributed by atoms with Gasteiger partial charge in [0.15, 0.2) is 5.82 Å². The zero-order valence-electron chi connectivity index (χ0n) is 11.7. The molecular weight excluding hydrogens is 256 g/mol. The van der Waals surface area contributed by atoms with Crippen LogP contribution in [0.25, 0.3) is 0 Å². The SMILES string of the molecule is CC(N=Nc1ccc(C(C)(C)C)nn1)c1cccs1. The molecule has 0 amide bonds. The Hall–Kier alpha value is -1.62. The second-order valence-corrected chi connectivity index (χ2v) is 6.41. The topological polar surface area (TPSA) is 50.5 Å². The highest BCUT2D eigenvalue weighted by atomic mass is 32.1. The molecule has 100 valence electrons. The molecule has 0 saturated carbocycles. The van der Waals surface area contributed by atoms with Crippen LogP contribution < -0.4 is 0 Å². The molecule has 1 atom stereocenters. The summed E-state index contributed by atoms with van der Waals surface area (Å²) in [6, 6.07) is 7.95. The Morgan fingerprint density at radius 3 is 2.47 bits per heavy atom. The van der Waals surface area contributed by atoms with Crippen LogP contribution in [0.4, 0.5) is 5.82 Å². The van der Waals surface area contributed by atoms with Gasteiger partial charge in [0, 0.05) is 10.3 Å². The molecule has 2 heterocycles. The summed E-state index contributed by atoms with van der Waals surface area (Å²) in [6.07, 6.45) is 0. The van der Waals surface area contributed by atoms with Crippen molar-refractivity contribution in [3.05, 3.63) is 40.2 Å². The van der Waals surface area contributed by atoms with Crippen molar-refractivity contribution < 1.29 is 0 Å². The predicted octanol–water partition coefficient (Wildman–Crippen LogP) is 4.68. The molecule has 0 fully saturated rings. The minimum Gasteiger partial charge on any atom is -0.178 e. The Kier molecular flexibility index (Phi) is 4.04. The molecular formula is C14H18N4S. The summed E-state index contributed by atoms with van der Waals surface area (Å²) in [6.45, 7) is 8.34. The quantitative estimate of drug-likeness (QED) is 0.763. The van der Waals surface area contributed by atoms with E-state index in [1.54, 1.807) is 11.3 Å². The van der Waals surface area contributed by atoms with E-state index in [9.17, 15) is 0 Å². The predicted molar refractivity (Wildman–Crippen MR) is 78.0 cm³/mol. The Bertz CT molecular complexity index is 538. The summed E-state index contributed by atoms with van der Waals surface area (Å²) < 4.78 is 0. The van der Waals surface area contributed by atoms with Gasteiger partial charge in [-0.1, -0.05) is 26.8 Å². The van der Waals surface area contributed by atoms with Crippen LogP contribution in [0.3, 0.4) is 0 Å². The molecule has 2 aromatic heterocycles. The van der Waals surface area contributed by atoms with Crippen molar-refractivity contribution in [3.63, 3.8) is 0 Å². The van der Waals surface area contributed by atoms with Gasteiger partial charge >= 0.3 is 0 Å². The van der Waals surface area contributed by atoms with Crippen molar-refractivity contribution in [3.8, 4) is 0 Å². The number of rotatable bonds is 3. The van der Waals surface area contributed by atoms with Crippen LogP contribution in [0.1, 0.15) is 44.3 Å². The number of hydrogen-bond donors (Lipinski definition) is 0. The van der Waals surface area contributed by atoms with Gasteiger partial charge in [0.05, 0.1) is 5.69 Å². The van der Waals surface area contributed by atoms with Gasteiger partial charge in [-0.25, -0.2) is 0 Å². The monoisotopic (exact) mass is 274 g/mol. The van der Waals surface area contributed by atoms with E-state index in [1.165, 1.54) is 4.88 Å². The summed E-state index contributed by atoms with van der Waals surface area (Å²) in [5, 5.41) is 18.7. The second kappa shape index (κ2) is 5.57. The zero-order valence-corrected chi connectivity index (χ0v) is 12.5. The van der Waals surface area contributed by atoms with Crippen molar-refractivity contribution in [2.45, 2.75) is 39.2 Å². The minimum atomic E-state index is 0.00688. The minimum absolute atomic E-state index is 0.00688. The third-order valence-corrected chi connectivity index (χ3v) is 3.75. The molecule has 2 aromatic rings. The van der Waals surface area contributed by atoms with E-state index in [2.05, 4.69) is 47.3 Å². The standard InChI is InChI=1S/C14H18N4S/c1-10(11-6-5-9-19-11)15-17-13-8-7-12(16-18-13)14(2,3)4/h5-10H,1-4H3. The fraction of sp³-hybridized carbons (Fsp3) is 0.429. The van der Waals surface area contributed by atoms with E-state index < -0.39 is 0 Å². The molecule has 2 rings (SSSR count). The second-order valence-electron chi connectivity index (χ2n) is 5.43. The van der Waals surface area contributed by atoms with Gasteiger partial charge < -0.3 is 0 Å². The smallest absolute Gasteiger partial charge is 0.178 e. The number of thiophene rings is 1. The zero-order chi connectivity index (χ0) is 13.9. The highest BCUT2D eigenvalue weighted by Crippen LogP contribution is 2.24. The van der Waals surface area contributed by atoms with Gasteiger partial charge in [0.25, 0.3) is 0 Å². The number of nitrogens with zero attached hydrogens (tertiary/aromatic N) is 4. The molecule has 0 aliphatic carbocycles. The molecule has 0 N–H and O–H groups in total. The van der Waals surface area contributed by atoms with Crippen LogP contribution in [0.5, 0.6) is 0 Å². The molecule has 1 unspecified atom stereocenters. The molecule has 0 aromatic carbocycles. The van der Waals surface area contributed by atoms with Crippen LogP contribution in [0.2, 0.25) is 0 Å². The van der Waals surface area contributed by atoms with E-state index in [0.717, 1.165) is 5.69 Å². The number of azo groups is 1. The lowest BCUT2D eigenvalue weighted by Crippen LogP contribution is -2.13. The van der Waals surface area contributed by atoms with E-state index in [0.29, 0.717) is 5.82 Å². The first kappa shape index (κ1) is 13.8. The summed E-state index contributed by atoms with van der Waals surface area (Å²) in [5.41, 5.74) is 0.963. The molecule has 5 heteroatoms. The summed E-state index contributed by atoms with van der Waals surface area (Å²) >= 11 is 1.68. The molecule has 0 bridgehead atoms. The van der Waals surface area contributed by atoms with Crippen LogP contribution in [0.15, 0.2) is 39.9 Å². The maximum absolute atomic E-state index is 4.26. The Balaban J connectivity index is 2.07. The lowest BCUT2D eigenvalue weighted by molar-refractivity contribution is 0.558. The van der Waals surface area contributed by atoms with E-state index in [4.69, 9.17) is 0 Å². The van der Waals surface area contributed by atoms with Gasteiger partial charge in [0.2, 0.25) is 0 Å². The number of aromatic nitrogens is 2. The fourth-order valence-electron chi connectivity index (χ4n) is 1.51. The first-order valence-electron chi connectivity index (χ1n) is 6.25. The van der Waals surface area contributed by atoms with Gasteiger partial charge in [-0.15, -0.1) is 21.5 Å². The first-order chi connectivity index (χ1) is 8.97. The maximum Gasteiger partial charge on any atom is 0.195 e. The normalized spacial score (nSPS) is 13.9. The maximum atomic E-state index is 4.26. The Morgan fingerprint density at radius 2 is 1.95 bits per heavy atom. The van der Waals surface area contributed by atoms with E-state index >= 15 is 0 Å². The molecule has 0 aliphatic heterocycles. The average Bonchev–Trinajstić information content (AvgIpc) is 2.89. The van der Waals surface area contributed by atoms with Crippen molar-refractivity contribution in [1.29, 1.82) is 0 Å². The molecule has 0 saturated heterocycles. The van der Waals surface area contributed by atoms with Crippen molar-refractivity contribution >= 4 is 17.2 Å². The number of hydrogen-bond acceptors (Lipinski definition) is 5. The highest BCUT2D eigenvalue weighted by Gasteiger charge is 2.15. The van der Waals surface area contributed by atoms with Crippen LogP contribution >= 0.6 is 11.3 Å². The summed E-state index contributed by atoms with van der Waals surface area (Å²) in [4.78, 5) is 1.20. The van der Waals surface area contributed by atoms with E-state index in [-0.39, 0.29) is 11.5 Å². The van der Waals surface area contributed by atoms with Crippen molar-refractivity contribution in [2.75, 3.05) is 0 Å². The molecule has 0 radical (unpaired) electrons.